The summed E-state index contributed by atoms with van der Waals surface area (Å²) >= 11 is 1.72. The van der Waals surface area contributed by atoms with Crippen LogP contribution in [0.5, 0.6) is 11.5 Å². The van der Waals surface area contributed by atoms with Crippen LogP contribution < -0.4 is 18.9 Å². The van der Waals surface area contributed by atoms with Crippen molar-refractivity contribution in [2.24, 2.45) is 0 Å². The van der Waals surface area contributed by atoms with Gasteiger partial charge >= 0.3 is 0 Å². The van der Waals surface area contributed by atoms with Gasteiger partial charge in [-0.25, -0.2) is 0 Å². The van der Waals surface area contributed by atoms with E-state index in [0.717, 1.165) is 22.0 Å². The molecule has 0 bridgehead atoms. The Morgan fingerprint density at radius 3 is 2.37 bits per heavy atom. The molecule has 0 fully saturated rings. The predicted molar refractivity (Wildman–Crippen MR) is 197 cm³/mol. The van der Waals surface area contributed by atoms with Gasteiger partial charge in [0, 0.05) is 10.8 Å². The van der Waals surface area contributed by atoms with Crippen molar-refractivity contribution >= 4 is 71.1 Å². The third kappa shape index (κ3) is 6.04. The molecule has 0 atom stereocenters. The van der Waals surface area contributed by atoms with Gasteiger partial charge in [-0.2, -0.15) is 13.0 Å². The van der Waals surface area contributed by atoms with E-state index in [0.29, 0.717) is 42.1 Å². The van der Waals surface area contributed by atoms with Crippen molar-refractivity contribution in [3.8, 4) is 11.5 Å². The molecule has 8 rings (SSSR count). The quantitative estimate of drug-likeness (QED) is 0.121. The van der Waals surface area contributed by atoms with Gasteiger partial charge in [0.05, 0.1) is 23.7 Å². The van der Waals surface area contributed by atoms with Gasteiger partial charge in [0.2, 0.25) is 11.4 Å². The van der Waals surface area contributed by atoms with Crippen molar-refractivity contribution in [2.45, 2.75) is 11.4 Å². The molecule has 0 radical (unpaired) electrons. The third-order valence-electron chi connectivity index (χ3n) is 8.59. The molecule has 242 valence electrons. The van der Waals surface area contributed by atoms with E-state index in [1.165, 1.54) is 27.1 Å². The average Bonchev–Trinajstić information content (AvgIpc) is 3.65. The zero-order valence-corrected chi connectivity index (χ0v) is 27.9. The Morgan fingerprint density at radius 1 is 0.796 bits per heavy atom. The highest BCUT2D eigenvalue weighted by Gasteiger charge is 2.29. The topological polar surface area (TPSA) is 80.0 Å². The van der Waals surface area contributed by atoms with Crippen LogP contribution in [-0.4, -0.2) is 26.1 Å². The molecule has 0 amide bonds. The number of aromatic nitrogens is 1. The molecule has 0 saturated carbocycles. The number of para-hydroxylation sites is 2. The summed E-state index contributed by atoms with van der Waals surface area (Å²) in [4.78, 5) is 1.96. The van der Waals surface area contributed by atoms with Crippen LogP contribution in [0.3, 0.4) is 0 Å². The Kier molecular flexibility index (Phi) is 8.09. The number of rotatable bonds is 9. The maximum Gasteiger partial charge on any atom is 0.295 e. The Bertz CT molecular complexity index is 2520. The lowest BCUT2D eigenvalue weighted by Crippen LogP contribution is -2.35. The lowest BCUT2D eigenvalue weighted by molar-refractivity contribution is -0.657. The molecule has 1 aliphatic rings. The first-order chi connectivity index (χ1) is 23.9. The van der Waals surface area contributed by atoms with Gasteiger partial charge in [0.1, 0.15) is 22.0 Å². The third-order valence-corrected chi connectivity index (χ3v) is 10.6. The van der Waals surface area contributed by atoms with Crippen molar-refractivity contribution in [1.29, 1.82) is 0 Å². The number of thiazole rings is 1. The maximum atomic E-state index is 12.0. The predicted octanol–water partition coefficient (Wildman–Crippen LogP) is 8.73. The van der Waals surface area contributed by atoms with E-state index in [9.17, 15) is 13.0 Å². The second kappa shape index (κ2) is 12.9. The molecule has 9 heteroatoms. The number of fused-ring (bicyclic) bond motifs is 5. The molecule has 6 aromatic carbocycles. The largest absolute Gasteiger partial charge is 0.491 e. The molecule has 1 aliphatic heterocycles. The van der Waals surface area contributed by atoms with E-state index in [1.807, 2.05) is 48.5 Å². The summed E-state index contributed by atoms with van der Waals surface area (Å²) in [7, 11) is -4.39. The van der Waals surface area contributed by atoms with Gasteiger partial charge < -0.3 is 14.4 Å². The summed E-state index contributed by atoms with van der Waals surface area (Å²) in [5.41, 5.74) is 3.26. The van der Waals surface area contributed by atoms with Crippen LogP contribution in [0, 0.1) is 0 Å². The summed E-state index contributed by atoms with van der Waals surface area (Å²) in [6.45, 7) is 1.44. The zero-order valence-electron chi connectivity index (χ0n) is 26.3. The van der Waals surface area contributed by atoms with Crippen LogP contribution in [0.1, 0.15) is 10.6 Å². The number of anilines is 1. The fourth-order valence-corrected chi connectivity index (χ4v) is 8.17. The van der Waals surface area contributed by atoms with Crippen molar-refractivity contribution in [1.82, 2.24) is 0 Å². The number of hydrogen-bond acceptors (Lipinski definition) is 6. The normalized spacial score (nSPS) is 13.9. The second-order valence-electron chi connectivity index (χ2n) is 11.6. The van der Waals surface area contributed by atoms with Crippen molar-refractivity contribution in [2.75, 3.05) is 18.1 Å². The molecule has 7 nitrogen and oxygen atoms in total. The van der Waals surface area contributed by atoms with Crippen LogP contribution in [-0.2, 0) is 16.7 Å². The molecule has 0 aliphatic carbocycles. The fraction of sp³-hybridized carbons (Fsp3) is 0.0750. The Labute approximate surface area is 288 Å². The molecule has 2 heterocycles. The van der Waals surface area contributed by atoms with E-state index in [4.69, 9.17) is 9.47 Å². The van der Waals surface area contributed by atoms with Gasteiger partial charge in [-0.15, -0.1) is 0 Å². The molecule has 0 spiro atoms. The van der Waals surface area contributed by atoms with Gasteiger partial charge in [0.15, 0.2) is 12.3 Å². The van der Waals surface area contributed by atoms with E-state index in [1.54, 1.807) is 35.6 Å². The van der Waals surface area contributed by atoms with E-state index >= 15 is 0 Å². The van der Waals surface area contributed by atoms with Crippen molar-refractivity contribution < 1.29 is 27.0 Å². The standard InChI is InChI=1S/C40H30N2O5S2/c43-49(44,45)37-23-21-34(31-16-6-7-17-32(31)37)46-26-25-41-33-18-8-9-19-35(33)47-38(41)27-39-42(24-10-13-28-11-2-1-3-12-28)40-30-15-5-4-14-29(30)20-22-36(40)48-39/h1-23,27H,24-26H2/p+1. The summed E-state index contributed by atoms with van der Waals surface area (Å²) in [5, 5.41) is 4.44. The van der Waals surface area contributed by atoms with Crippen molar-refractivity contribution in [3.05, 3.63) is 150 Å². The lowest BCUT2D eigenvalue weighted by atomic mass is 10.1. The van der Waals surface area contributed by atoms with Crippen LogP contribution in [0.15, 0.2) is 144 Å². The Hall–Kier alpha value is -5.48. The average molecular weight is 684 g/mol. The molecule has 1 aromatic heterocycles. The Balaban J connectivity index is 1.15. The minimum atomic E-state index is -4.39. The van der Waals surface area contributed by atoms with Crippen LogP contribution in [0.2, 0.25) is 0 Å². The van der Waals surface area contributed by atoms with Crippen molar-refractivity contribution in [3.63, 3.8) is 0 Å². The van der Waals surface area contributed by atoms with Crippen LogP contribution in [0.25, 0.3) is 43.9 Å². The first-order valence-electron chi connectivity index (χ1n) is 15.9. The molecule has 7 aromatic rings. The minimum absolute atomic E-state index is 0.148. The summed E-state index contributed by atoms with van der Waals surface area (Å²) in [6.07, 6.45) is 6.45. The summed E-state index contributed by atoms with van der Waals surface area (Å²) in [5.74, 6) is 1.98. The van der Waals surface area contributed by atoms with E-state index in [-0.39, 0.29) is 4.90 Å². The molecule has 0 saturated heterocycles. The van der Waals surface area contributed by atoms with Gasteiger partial charge in [-0.1, -0.05) is 108 Å². The highest BCUT2D eigenvalue weighted by molar-refractivity contribution is 7.86. The van der Waals surface area contributed by atoms with Gasteiger partial charge in [0.25, 0.3) is 15.1 Å². The molecular weight excluding hydrogens is 653 g/mol. The second-order valence-corrected chi connectivity index (χ2v) is 14.1. The number of benzene rings is 6. The zero-order chi connectivity index (χ0) is 33.4. The number of allylic oxidation sites excluding steroid dienone is 1. The van der Waals surface area contributed by atoms with Gasteiger partial charge in [-0.05, 0) is 53.4 Å². The highest BCUT2D eigenvalue weighted by atomic mass is 32.2. The van der Waals surface area contributed by atoms with Crippen LogP contribution >= 0.6 is 11.3 Å². The van der Waals surface area contributed by atoms with Gasteiger partial charge in [-0.3, -0.25) is 4.55 Å². The fourth-order valence-electron chi connectivity index (χ4n) is 6.36. The smallest absolute Gasteiger partial charge is 0.295 e. The number of hydrogen-bond donors (Lipinski definition) is 1. The summed E-state index contributed by atoms with van der Waals surface area (Å²) in [6, 6.07) is 41.0. The maximum absolute atomic E-state index is 12.0. The minimum Gasteiger partial charge on any atom is -0.491 e. The SMILES string of the molecule is O=S(=O)(O)c1ccc(OCCN2C(=Cc3sc4ccc5ccccc5c4[n+]3CC=Cc3ccccc3)Oc3ccccc32)c2ccccc12. The first-order valence-corrected chi connectivity index (χ1v) is 18.1. The molecule has 0 unspecified atom stereocenters. The highest BCUT2D eigenvalue weighted by Crippen LogP contribution is 2.40. The van der Waals surface area contributed by atoms with E-state index < -0.39 is 10.1 Å². The number of nitrogens with zero attached hydrogens (tertiary/aromatic N) is 2. The summed E-state index contributed by atoms with van der Waals surface area (Å²) < 4.78 is 50.0. The monoisotopic (exact) mass is 683 g/mol. The molecule has 1 N–H and O–H groups in total. The first kappa shape index (κ1) is 30.8. The lowest BCUT2D eigenvalue weighted by Gasteiger charge is -2.19. The van der Waals surface area contributed by atoms with E-state index in [2.05, 4.69) is 76.2 Å². The Morgan fingerprint density at radius 2 is 1.53 bits per heavy atom. The molecule has 49 heavy (non-hydrogen) atoms. The number of ether oxygens (including phenoxy) is 2. The van der Waals surface area contributed by atoms with Crippen LogP contribution in [0.4, 0.5) is 5.69 Å². The molecular formula is C40H31N2O5S2+.